The monoisotopic (exact) mass is 291 g/mol. The van der Waals surface area contributed by atoms with Gasteiger partial charge in [-0.25, -0.2) is 0 Å². The molecule has 1 aliphatic rings. The number of anilines is 1. The second-order valence-corrected chi connectivity index (χ2v) is 5.92. The Bertz CT molecular complexity index is 450. The van der Waals surface area contributed by atoms with E-state index in [9.17, 15) is 0 Å². The minimum absolute atomic E-state index is 0.687. The number of rotatable bonds is 7. The van der Waals surface area contributed by atoms with Crippen molar-refractivity contribution in [2.45, 2.75) is 39.3 Å². The van der Waals surface area contributed by atoms with Crippen molar-refractivity contribution in [3.05, 3.63) is 23.8 Å². The molecule has 0 spiro atoms. The van der Waals surface area contributed by atoms with E-state index < -0.39 is 0 Å². The van der Waals surface area contributed by atoms with Gasteiger partial charge in [0.05, 0.1) is 6.61 Å². The van der Waals surface area contributed by atoms with Crippen LogP contribution in [0.15, 0.2) is 18.2 Å². The van der Waals surface area contributed by atoms with Crippen molar-refractivity contribution in [1.82, 2.24) is 9.80 Å². The predicted molar refractivity (Wildman–Crippen MR) is 88.6 cm³/mol. The molecule has 4 nitrogen and oxygen atoms in total. The minimum Gasteiger partial charge on any atom is -0.494 e. The molecular weight excluding hydrogens is 262 g/mol. The van der Waals surface area contributed by atoms with Gasteiger partial charge in [-0.3, -0.25) is 4.90 Å². The topological polar surface area (TPSA) is 41.7 Å². The summed E-state index contributed by atoms with van der Waals surface area (Å²) in [5.41, 5.74) is 7.91. The van der Waals surface area contributed by atoms with Crippen molar-refractivity contribution in [3.8, 4) is 5.75 Å². The average molecular weight is 291 g/mol. The van der Waals surface area contributed by atoms with Gasteiger partial charge in [-0.1, -0.05) is 6.92 Å². The van der Waals surface area contributed by atoms with Crippen LogP contribution in [0.25, 0.3) is 0 Å². The second kappa shape index (κ2) is 7.66. The molecule has 1 heterocycles. The quantitative estimate of drug-likeness (QED) is 0.784. The minimum atomic E-state index is 0.687. The second-order valence-electron chi connectivity index (χ2n) is 5.92. The summed E-state index contributed by atoms with van der Waals surface area (Å²) < 4.78 is 5.71. The van der Waals surface area contributed by atoms with Gasteiger partial charge in [0, 0.05) is 30.4 Å². The number of hydrogen-bond acceptors (Lipinski definition) is 4. The third kappa shape index (κ3) is 4.35. The maximum atomic E-state index is 5.92. The Kier molecular flexibility index (Phi) is 5.88. The molecule has 0 bridgehead atoms. The number of nitrogens with zero attached hydrogens (tertiary/aromatic N) is 2. The molecule has 0 saturated carbocycles. The molecule has 21 heavy (non-hydrogen) atoms. The molecule has 1 aliphatic heterocycles. The van der Waals surface area contributed by atoms with Crippen molar-refractivity contribution in [1.29, 1.82) is 0 Å². The largest absolute Gasteiger partial charge is 0.494 e. The number of likely N-dealkylation sites (tertiary alicyclic amines) is 1. The van der Waals surface area contributed by atoms with Crippen molar-refractivity contribution in [3.63, 3.8) is 0 Å². The van der Waals surface area contributed by atoms with E-state index in [2.05, 4.69) is 23.8 Å². The van der Waals surface area contributed by atoms with Gasteiger partial charge in [-0.15, -0.1) is 0 Å². The van der Waals surface area contributed by atoms with Gasteiger partial charge in [0.15, 0.2) is 0 Å². The van der Waals surface area contributed by atoms with Crippen LogP contribution in [-0.2, 0) is 6.54 Å². The molecule has 1 saturated heterocycles. The lowest BCUT2D eigenvalue weighted by atomic mass is 10.1. The Labute approximate surface area is 128 Å². The van der Waals surface area contributed by atoms with E-state index in [0.717, 1.165) is 31.1 Å². The number of hydrogen-bond donors (Lipinski definition) is 1. The van der Waals surface area contributed by atoms with Crippen molar-refractivity contribution < 1.29 is 4.74 Å². The fraction of sp³-hybridized carbons (Fsp3) is 0.647. The SMILES string of the molecule is CCOc1ccc(N)cc1CN(C)CC1CCCN1CC. The first-order valence-corrected chi connectivity index (χ1v) is 8.07. The Balaban J connectivity index is 1.98. The van der Waals surface area contributed by atoms with Crippen LogP contribution < -0.4 is 10.5 Å². The first-order chi connectivity index (χ1) is 10.1. The summed E-state index contributed by atoms with van der Waals surface area (Å²) in [6.45, 7) is 9.35. The van der Waals surface area contributed by atoms with E-state index in [1.165, 1.54) is 24.9 Å². The molecule has 0 aliphatic carbocycles. The lowest BCUT2D eigenvalue weighted by Gasteiger charge is -2.28. The molecule has 0 radical (unpaired) electrons. The molecule has 1 aromatic rings. The molecule has 118 valence electrons. The summed E-state index contributed by atoms with van der Waals surface area (Å²) in [6.07, 6.45) is 2.64. The van der Waals surface area contributed by atoms with Crippen LogP contribution in [0, 0.1) is 0 Å². The number of nitrogen functional groups attached to an aromatic ring is 1. The normalized spacial score (nSPS) is 19.3. The average Bonchev–Trinajstić information content (AvgIpc) is 2.89. The van der Waals surface area contributed by atoms with Crippen LogP contribution in [0.4, 0.5) is 5.69 Å². The summed E-state index contributed by atoms with van der Waals surface area (Å²) in [5, 5.41) is 0. The summed E-state index contributed by atoms with van der Waals surface area (Å²) in [4.78, 5) is 4.97. The van der Waals surface area contributed by atoms with Gasteiger partial charge >= 0.3 is 0 Å². The van der Waals surface area contributed by atoms with Crippen LogP contribution in [0.3, 0.4) is 0 Å². The molecule has 4 heteroatoms. The van der Waals surface area contributed by atoms with Crippen LogP contribution in [0.1, 0.15) is 32.3 Å². The first-order valence-electron chi connectivity index (χ1n) is 8.07. The smallest absolute Gasteiger partial charge is 0.123 e. The van der Waals surface area contributed by atoms with Crippen LogP contribution >= 0.6 is 0 Å². The molecular formula is C17H29N3O. The molecule has 1 unspecified atom stereocenters. The zero-order valence-electron chi connectivity index (χ0n) is 13.6. The lowest BCUT2D eigenvalue weighted by Crippen LogP contribution is -2.38. The van der Waals surface area contributed by atoms with Crippen LogP contribution in [0.2, 0.25) is 0 Å². The fourth-order valence-corrected chi connectivity index (χ4v) is 3.25. The standard InChI is InChI=1S/C17H29N3O/c1-4-20-10-6-7-16(20)13-19(3)12-14-11-15(18)8-9-17(14)21-5-2/h8-9,11,16H,4-7,10,12-13,18H2,1-3H3. The third-order valence-corrected chi connectivity index (χ3v) is 4.25. The summed E-state index contributed by atoms with van der Waals surface area (Å²) in [5.74, 6) is 0.956. The van der Waals surface area contributed by atoms with Gasteiger partial charge in [0.2, 0.25) is 0 Å². The van der Waals surface area contributed by atoms with Crippen LogP contribution in [0.5, 0.6) is 5.75 Å². The number of likely N-dealkylation sites (N-methyl/N-ethyl adjacent to an activating group) is 2. The van der Waals surface area contributed by atoms with E-state index in [1.807, 2.05) is 25.1 Å². The maximum absolute atomic E-state index is 5.92. The Morgan fingerprint density at radius 1 is 1.38 bits per heavy atom. The van der Waals surface area contributed by atoms with Gasteiger partial charge in [-0.05, 0) is 58.1 Å². The highest BCUT2D eigenvalue weighted by molar-refractivity contribution is 5.47. The molecule has 1 atom stereocenters. The van der Waals surface area contributed by atoms with Crippen molar-refractivity contribution >= 4 is 5.69 Å². The van der Waals surface area contributed by atoms with Crippen molar-refractivity contribution in [2.75, 3.05) is 39.0 Å². The van der Waals surface area contributed by atoms with E-state index in [1.54, 1.807) is 0 Å². The van der Waals surface area contributed by atoms with Gasteiger partial charge in [-0.2, -0.15) is 0 Å². The summed E-state index contributed by atoms with van der Waals surface area (Å²) in [7, 11) is 2.19. The zero-order chi connectivity index (χ0) is 15.2. The van der Waals surface area contributed by atoms with Gasteiger partial charge in [0.25, 0.3) is 0 Å². The molecule has 1 aromatic carbocycles. The Hall–Kier alpha value is -1.26. The van der Waals surface area contributed by atoms with Gasteiger partial charge < -0.3 is 15.4 Å². The maximum Gasteiger partial charge on any atom is 0.123 e. The van der Waals surface area contributed by atoms with E-state index in [4.69, 9.17) is 10.5 Å². The zero-order valence-corrected chi connectivity index (χ0v) is 13.6. The van der Waals surface area contributed by atoms with E-state index in [0.29, 0.717) is 12.6 Å². The summed E-state index contributed by atoms with van der Waals surface area (Å²) >= 11 is 0. The number of benzene rings is 1. The highest BCUT2D eigenvalue weighted by Gasteiger charge is 2.24. The third-order valence-electron chi connectivity index (χ3n) is 4.25. The first kappa shape index (κ1) is 16.1. The lowest BCUT2D eigenvalue weighted by molar-refractivity contribution is 0.193. The molecule has 0 amide bonds. The molecule has 1 fully saturated rings. The highest BCUT2D eigenvalue weighted by Crippen LogP contribution is 2.24. The highest BCUT2D eigenvalue weighted by atomic mass is 16.5. The molecule has 2 N–H and O–H groups in total. The van der Waals surface area contributed by atoms with E-state index >= 15 is 0 Å². The van der Waals surface area contributed by atoms with Crippen LogP contribution in [-0.4, -0.2) is 49.1 Å². The van der Waals surface area contributed by atoms with Crippen molar-refractivity contribution in [2.24, 2.45) is 0 Å². The predicted octanol–water partition coefficient (Wildman–Crippen LogP) is 2.58. The fourth-order valence-electron chi connectivity index (χ4n) is 3.25. The Morgan fingerprint density at radius 2 is 2.19 bits per heavy atom. The Morgan fingerprint density at radius 3 is 2.90 bits per heavy atom. The molecule has 0 aromatic heterocycles. The molecule has 2 rings (SSSR count). The van der Waals surface area contributed by atoms with E-state index in [-0.39, 0.29) is 0 Å². The number of nitrogens with two attached hydrogens (primary N) is 1. The van der Waals surface area contributed by atoms with Gasteiger partial charge in [0.1, 0.15) is 5.75 Å². The number of ether oxygens (including phenoxy) is 1. The summed E-state index contributed by atoms with van der Waals surface area (Å²) in [6, 6.07) is 6.62.